The van der Waals surface area contributed by atoms with Crippen LogP contribution in [-0.2, 0) is 0 Å². The zero-order valence-electron chi connectivity index (χ0n) is 12.0. The van der Waals surface area contributed by atoms with Crippen LogP contribution in [0.25, 0.3) is 0 Å². The van der Waals surface area contributed by atoms with Crippen LogP contribution in [0, 0.1) is 0 Å². The van der Waals surface area contributed by atoms with Crippen molar-refractivity contribution in [2.75, 3.05) is 11.9 Å². The highest BCUT2D eigenvalue weighted by molar-refractivity contribution is 7.80. The predicted molar refractivity (Wildman–Crippen MR) is 95.3 cm³/mol. The van der Waals surface area contributed by atoms with E-state index in [4.69, 9.17) is 29.6 Å². The van der Waals surface area contributed by atoms with Gasteiger partial charge in [0, 0.05) is 17.8 Å². The van der Waals surface area contributed by atoms with Crippen molar-refractivity contribution in [3.8, 4) is 0 Å². The summed E-state index contributed by atoms with van der Waals surface area (Å²) in [6.07, 6.45) is 1.05. The Bertz CT molecular complexity index is 613. The fourth-order valence-electron chi connectivity index (χ4n) is 2.21. The van der Waals surface area contributed by atoms with E-state index >= 15 is 0 Å². The van der Waals surface area contributed by atoms with E-state index < -0.39 is 0 Å². The highest BCUT2D eigenvalue weighted by Crippen LogP contribution is 2.22. The Morgan fingerprint density at radius 2 is 1.95 bits per heavy atom. The molecule has 110 valence electrons. The molecule has 0 saturated heterocycles. The summed E-state index contributed by atoms with van der Waals surface area (Å²) in [5.74, 6) is 0.519. The molecule has 0 spiro atoms. The van der Waals surface area contributed by atoms with Gasteiger partial charge in [-0.2, -0.15) is 0 Å². The first kappa shape index (κ1) is 15.8. The smallest absolute Gasteiger partial charge is 0.105 e. The van der Waals surface area contributed by atoms with E-state index in [9.17, 15) is 0 Å². The standard InChI is InChI=1S/C17H19ClN2S/c1-12(13-5-3-2-4-6-13)9-10-20-14-7-8-15(17(19)21)16(18)11-14/h2-8,11-12,20H,9-10H2,1H3,(H2,19,21). The van der Waals surface area contributed by atoms with Gasteiger partial charge >= 0.3 is 0 Å². The summed E-state index contributed by atoms with van der Waals surface area (Å²) in [7, 11) is 0. The van der Waals surface area contributed by atoms with Crippen LogP contribution in [0.3, 0.4) is 0 Å². The number of hydrogen-bond acceptors (Lipinski definition) is 2. The number of thiocarbonyl (C=S) groups is 1. The van der Waals surface area contributed by atoms with Gasteiger partial charge < -0.3 is 11.1 Å². The third kappa shape index (κ3) is 4.45. The zero-order chi connectivity index (χ0) is 15.2. The minimum absolute atomic E-state index is 0.323. The van der Waals surface area contributed by atoms with E-state index in [1.807, 2.05) is 24.3 Å². The molecule has 0 aromatic heterocycles. The van der Waals surface area contributed by atoms with E-state index in [0.717, 1.165) is 24.2 Å². The second-order valence-electron chi connectivity index (χ2n) is 5.09. The Balaban J connectivity index is 1.89. The van der Waals surface area contributed by atoms with Crippen molar-refractivity contribution in [2.45, 2.75) is 19.3 Å². The summed E-state index contributed by atoms with van der Waals surface area (Å²) < 4.78 is 0. The second kappa shape index (κ2) is 7.43. The fraction of sp³-hybridized carbons (Fsp3) is 0.235. The lowest BCUT2D eigenvalue weighted by Crippen LogP contribution is -2.10. The molecule has 1 atom stereocenters. The Labute approximate surface area is 136 Å². The van der Waals surface area contributed by atoms with Crippen molar-refractivity contribution in [2.24, 2.45) is 5.73 Å². The van der Waals surface area contributed by atoms with Crippen molar-refractivity contribution in [1.29, 1.82) is 0 Å². The average Bonchev–Trinajstić information content (AvgIpc) is 2.47. The van der Waals surface area contributed by atoms with Crippen molar-refractivity contribution in [1.82, 2.24) is 0 Å². The maximum absolute atomic E-state index is 6.15. The molecule has 0 amide bonds. The van der Waals surface area contributed by atoms with Gasteiger partial charge in [-0.1, -0.05) is 61.1 Å². The molecule has 2 aromatic rings. The molecule has 0 aliphatic carbocycles. The van der Waals surface area contributed by atoms with Crippen LogP contribution in [0.5, 0.6) is 0 Å². The molecule has 0 saturated carbocycles. The average molecular weight is 319 g/mol. The van der Waals surface area contributed by atoms with Crippen molar-refractivity contribution in [3.05, 3.63) is 64.7 Å². The second-order valence-corrected chi connectivity index (χ2v) is 5.93. The van der Waals surface area contributed by atoms with Crippen LogP contribution in [0.4, 0.5) is 5.69 Å². The maximum Gasteiger partial charge on any atom is 0.105 e. The molecule has 2 rings (SSSR count). The van der Waals surface area contributed by atoms with Crippen molar-refractivity contribution in [3.63, 3.8) is 0 Å². The molecule has 3 N–H and O–H groups in total. The highest BCUT2D eigenvalue weighted by atomic mass is 35.5. The number of hydrogen-bond donors (Lipinski definition) is 2. The molecule has 0 bridgehead atoms. The topological polar surface area (TPSA) is 38.0 Å². The van der Waals surface area contributed by atoms with Crippen LogP contribution in [0.15, 0.2) is 48.5 Å². The molecule has 0 radical (unpaired) electrons. The molecule has 0 aliphatic heterocycles. The van der Waals surface area contributed by atoms with Gasteiger partial charge in [-0.15, -0.1) is 0 Å². The summed E-state index contributed by atoms with van der Waals surface area (Å²) in [6.45, 7) is 3.12. The number of benzene rings is 2. The molecule has 0 heterocycles. The molecule has 1 unspecified atom stereocenters. The summed E-state index contributed by atoms with van der Waals surface area (Å²) in [4.78, 5) is 0.323. The largest absolute Gasteiger partial charge is 0.389 e. The normalized spacial score (nSPS) is 11.9. The number of halogens is 1. The van der Waals surface area contributed by atoms with Crippen LogP contribution in [0.2, 0.25) is 5.02 Å². The molecular weight excluding hydrogens is 300 g/mol. The zero-order valence-corrected chi connectivity index (χ0v) is 13.5. The first-order valence-corrected chi connectivity index (χ1v) is 7.74. The summed E-state index contributed by atoms with van der Waals surface area (Å²) in [5.41, 5.74) is 8.66. The van der Waals surface area contributed by atoms with Gasteiger partial charge in [-0.3, -0.25) is 0 Å². The molecule has 0 fully saturated rings. The number of rotatable bonds is 6. The van der Waals surface area contributed by atoms with Crippen molar-refractivity contribution < 1.29 is 0 Å². The first-order valence-electron chi connectivity index (χ1n) is 6.96. The van der Waals surface area contributed by atoms with Crippen LogP contribution >= 0.6 is 23.8 Å². The van der Waals surface area contributed by atoms with Crippen LogP contribution in [-0.4, -0.2) is 11.5 Å². The van der Waals surface area contributed by atoms with E-state index in [-0.39, 0.29) is 0 Å². The Hall–Kier alpha value is -1.58. The van der Waals surface area contributed by atoms with Gasteiger partial charge in [0.1, 0.15) is 4.99 Å². The SMILES string of the molecule is CC(CCNc1ccc(C(N)=S)c(Cl)c1)c1ccccc1. The van der Waals surface area contributed by atoms with E-state index in [1.54, 1.807) is 0 Å². The molecule has 4 heteroatoms. The monoisotopic (exact) mass is 318 g/mol. The van der Waals surface area contributed by atoms with Gasteiger partial charge in [-0.25, -0.2) is 0 Å². The quantitative estimate of drug-likeness (QED) is 0.766. The lowest BCUT2D eigenvalue weighted by atomic mass is 9.98. The third-order valence-corrected chi connectivity index (χ3v) is 4.04. The fourth-order valence-corrected chi connectivity index (χ4v) is 2.72. The van der Waals surface area contributed by atoms with Crippen LogP contribution in [0.1, 0.15) is 30.4 Å². The molecule has 0 aliphatic rings. The Morgan fingerprint density at radius 1 is 1.24 bits per heavy atom. The third-order valence-electron chi connectivity index (χ3n) is 3.51. The molecule has 21 heavy (non-hydrogen) atoms. The van der Waals surface area contributed by atoms with E-state index in [0.29, 0.717) is 15.9 Å². The van der Waals surface area contributed by atoms with Gasteiger partial charge in [-0.05, 0) is 36.1 Å². The maximum atomic E-state index is 6.15. The number of nitrogens with two attached hydrogens (primary N) is 1. The predicted octanol–water partition coefficient (Wildman–Crippen LogP) is 4.58. The summed E-state index contributed by atoms with van der Waals surface area (Å²) in [6, 6.07) is 16.2. The minimum atomic E-state index is 0.323. The molecule has 2 aromatic carbocycles. The Morgan fingerprint density at radius 3 is 2.57 bits per heavy atom. The van der Waals surface area contributed by atoms with Gasteiger partial charge in [0.05, 0.1) is 5.02 Å². The lowest BCUT2D eigenvalue weighted by molar-refractivity contribution is 0.706. The van der Waals surface area contributed by atoms with Gasteiger partial charge in [0.25, 0.3) is 0 Å². The van der Waals surface area contributed by atoms with Gasteiger partial charge in [0.2, 0.25) is 0 Å². The number of anilines is 1. The van der Waals surface area contributed by atoms with Crippen LogP contribution < -0.4 is 11.1 Å². The summed E-state index contributed by atoms with van der Waals surface area (Å²) in [5, 5.41) is 3.97. The van der Waals surface area contributed by atoms with E-state index in [1.165, 1.54) is 5.56 Å². The number of nitrogens with one attached hydrogen (secondary N) is 1. The Kier molecular flexibility index (Phi) is 5.59. The highest BCUT2D eigenvalue weighted by Gasteiger charge is 2.06. The van der Waals surface area contributed by atoms with Crippen molar-refractivity contribution >= 4 is 34.5 Å². The first-order chi connectivity index (χ1) is 10.1. The molecular formula is C17H19ClN2S. The van der Waals surface area contributed by atoms with Gasteiger partial charge in [0.15, 0.2) is 0 Å². The lowest BCUT2D eigenvalue weighted by Gasteiger charge is -2.13. The minimum Gasteiger partial charge on any atom is -0.389 e. The van der Waals surface area contributed by atoms with E-state index in [2.05, 4.69) is 36.5 Å². The molecule has 2 nitrogen and oxygen atoms in total. The summed E-state index contributed by atoms with van der Waals surface area (Å²) >= 11 is 11.1.